The van der Waals surface area contributed by atoms with Gasteiger partial charge in [-0.15, -0.1) is 0 Å². The number of hydrogen-bond acceptors (Lipinski definition) is 4. The Morgan fingerprint density at radius 2 is 2.05 bits per heavy atom. The summed E-state index contributed by atoms with van der Waals surface area (Å²) in [5, 5.41) is 12.3. The van der Waals surface area contributed by atoms with Crippen molar-refractivity contribution in [2.45, 2.75) is 18.8 Å². The summed E-state index contributed by atoms with van der Waals surface area (Å²) in [5.74, 6) is 2.07. The summed E-state index contributed by atoms with van der Waals surface area (Å²) in [5.41, 5.74) is 1.36. The van der Waals surface area contributed by atoms with Gasteiger partial charge in [0.25, 0.3) is 0 Å². The minimum absolute atomic E-state index is 0.490. The normalized spacial score (nSPS) is 13.9. The SMILES string of the molecule is N#Cc1ccccc1Nc1cc(Br)nc(C2CC2)n1. The average molecular weight is 315 g/mol. The Kier molecular flexibility index (Phi) is 3.18. The lowest BCUT2D eigenvalue weighted by atomic mass is 10.2. The zero-order valence-corrected chi connectivity index (χ0v) is 11.7. The van der Waals surface area contributed by atoms with E-state index in [4.69, 9.17) is 5.26 Å². The molecule has 19 heavy (non-hydrogen) atoms. The minimum Gasteiger partial charge on any atom is -0.339 e. The number of nitrogens with one attached hydrogen (secondary N) is 1. The Morgan fingerprint density at radius 1 is 1.26 bits per heavy atom. The maximum Gasteiger partial charge on any atom is 0.135 e. The lowest BCUT2D eigenvalue weighted by Crippen LogP contribution is -2.00. The van der Waals surface area contributed by atoms with E-state index in [1.54, 1.807) is 6.07 Å². The molecule has 0 bridgehead atoms. The standard InChI is InChI=1S/C14H11BrN4/c15-12-7-13(19-14(18-12)9-5-6-9)17-11-4-2-1-3-10(11)8-16/h1-4,7,9H,5-6H2,(H,17,18,19). The quantitative estimate of drug-likeness (QED) is 0.877. The van der Waals surface area contributed by atoms with Gasteiger partial charge in [0.15, 0.2) is 0 Å². The summed E-state index contributed by atoms with van der Waals surface area (Å²) < 4.78 is 0.765. The molecule has 0 unspecified atom stereocenters. The first-order chi connectivity index (χ1) is 9.26. The van der Waals surface area contributed by atoms with Crippen LogP contribution in [0.3, 0.4) is 0 Å². The number of para-hydroxylation sites is 1. The predicted octanol–water partition coefficient (Wildman–Crippen LogP) is 3.73. The fourth-order valence-electron chi connectivity index (χ4n) is 1.85. The molecule has 1 aliphatic rings. The summed E-state index contributed by atoms with van der Waals surface area (Å²) in [6.07, 6.45) is 2.31. The van der Waals surface area contributed by atoms with E-state index in [2.05, 4.69) is 37.3 Å². The van der Waals surface area contributed by atoms with E-state index in [0.29, 0.717) is 17.3 Å². The maximum absolute atomic E-state index is 9.07. The number of rotatable bonds is 3. The summed E-state index contributed by atoms with van der Waals surface area (Å²) in [4.78, 5) is 8.89. The number of aromatic nitrogens is 2. The van der Waals surface area contributed by atoms with Crippen molar-refractivity contribution in [1.82, 2.24) is 9.97 Å². The molecular weight excluding hydrogens is 304 g/mol. The van der Waals surface area contributed by atoms with Crippen molar-refractivity contribution in [3.05, 3.63) is 46.3 Å². The fraction of sp³-hybridized carbons (Fsp3) is 0.214. The van der Waals surface area contributed by atoms with E-state index < -0.39 is 0 Å². The lowest BCUT2D eigenvalue weighted by Gasteiger charge is -2.08. The molecule has 1 N–H and O–H groups in total. The molecule has 94 valence electrons. The van der Waals surface area contributed by atoms with Crippen LogP contribution in [0, 0.1) is 11.3 Å². The molecule has 0 radical (unpaired) electrons. The van der Waals surface area contributed by atoms with Gasteiger partial charge in [-0.3, -0.25) is 0 Å². The summed E-state index contributed by atoms with van der Waals surface area (Å²) in [6, 6.07) is 11.4. The van der Waals surface area contributed by atoms with E-state index in [1.807, 2.05) is 24.3 Å². The number of nitrogens with zero attached hydrogens (tertiary/aromatic N) is 3. The molecular formula is C14H11BrN4. The highest BCUT2D eigenvalue weighted by atomic mass is 79.9. The third-order valence-corrected chi connectivity index (χ3v) is 3.37. The van der Waals surface area contributed by atoms with Crippen molar-refractivity contribution >= 4 is 27.4 Å². The molecule has 3 rings (SSSR count). The third kappa shape index (κ3) is 2.74. The molecule has 0 aliphatic heterocycles. The average Bonchev–Trinajstić information content (AvgIpc) is 3.23. The molecule has 0 amide bonds. The molecule has 1 heterocycles. The maximum atomic E-state index is 9.07. The number of nitriles is 1. The number of benzene rings is 1. The van der Waals surface area contributed by atoms with Gasteiger partial charge in [-0.05, 0) is 40.9 Å². The van der Waals surface area contributed by atoms with Crippen LogP contribution in [0.1, 0.15) is 30.1 Å². The molecule has 0 atom stereocenters. The molecule has 1 fully saturated rings. The lowest BCUT2D eigenvalue weighted by molar-refractivity contribution is 0.919. The first-order valence-corrected chi connectivity index (χ1v) is 6.86. The van der Waals surface area contributed by atoms with Crippen LogP contribution in [0.4, 0.5) is 11.5 Å². The van der Waals surface area contributed by atoms with Crippen molar-refractivity contribution in [3.8, 4) is 6.07 Å². The smallest absolute Gasteiger partial charge is 0.135 e. The topological polar surface area (TPSA) is 61.6 Å². The van der Waals surface area contributed by atoms with Crippen molar-refractivity contribution in [2.24, 2.45) is 0 Å². The van der Waals surface area contributed by atoms with Gasteiger partial charge in [0, 0.05) is 12.0 Å². The van der Waals surface area contributed by atoms with E-state index in [0.717, 1.165) is 29.0 Å². The second kappa shape index (κ2) is 4.98. The molecule has 4 nitrogen and oxygen atoms in total. The van der Waals surface area contributed by atoms with Gasteiger partial charge in [-0.25, -0.2) is 9.97 Å². The monoisotopic (exact) mass is 314 g/mol. The molecule has 1 aromatic carbocycles. The third-order valence-electron chi connectivity index (χ3n) is 2.96. The van der Waals surface area contributed by atoms with Gasteiger partial charge >= 0.3 is 0 Å². The van der Waals surface area contributed by atoms with Crippen molar-refractivity contribution in [3.63, 3.8) is 0 Å². The van der Waals surface area contributed by atoms with Gasteiger partial charge in [0.2, 0.25) is 0 Å². The second-order valence-corrected chi connectivity index (χ2v) is 5.30. The van der Waals surface area contributed by atoms with E-state index in [1.165, 1.54) is 0 Å². The molecule has 1 aliphatic carbocycles. The minimum atomic E-state index is 0.490. The van der Waals surface area contributed by atoms with Gasteiger partial charge in [0.05, 0.1) is 11.3 Å². The molecule has 0 saturated heterocycles. The van der Waals surface area contributed by atoms with Crippen LogP contribution < -0.4 is 5.32 Å². The highest BCUT2D eigenvalue weighted by Gasteiger charge is 2.27. The van der Waals surface area contributed by atoms with Crippen LogP contribution in [0.2, 0.25) is 0 Å². The van der Waals surface area contributed by atoms with Crippen LogP contribution in [0.15, 0.2) is 34.9 Å². The molecule has 2 aromatic rings. The second-order valence-electron chi connectivity index (χ2n) is 4.49. The number of hydrogen-bond donors (Lipinski definition) is 1. The Hall–Kier alpha value is -1.93. The number of anilines is 2. The van der Waals surface area contributed by atoms with E-state index in [9.17, 15) is 0 Å². The van der Waals surface area contributed by atoms with Crippen LogP contribution in [0.5, 0.6) is 0 Å². The fourth-order valence-corrected chi connectivity index (χ4v) is 2.25. The molecule has 1 saturated carbocycles. The molecule has 1 aromatic heterocycles. The highest BCUT2D eigenvalue weighted by Crippen LogP contribution is 2.39. The van der Waals surface area contributed by atoms with Gasteiger partial charge in [-0.2, -0.15) is 5.26 Å². The largest absolute Gasteiger partial charge is 0.339 e. The predicted molar refractivity (Wildman–Crippen MR) is 76.1 cm³/mol. The van der Waals surface area contributed by atoms with Crippen LogP contribution in [-0.4, -0.2) is 9.97 Å². The summed E-state index contributed by atoms with van der Waals surface area (Å²) in [7, 11) is 0. The highest BCUT2D eigenvalue weighted by molar-refractivity contribution is 9.10. The first kappa shape index (κ1) is 12.1. The summed E-state index contributed by atoms with van der Waals surface area (Å²) in [6.45, 7) is 0. The van der Waals surface area contributed by atoms with Gasteiger partial charge in [-0.1, -0.05) is 12.1 Å². The van der Waals surface area contributed by atoms with Crippen LogP contribution >= 0.6 is 15.9 Å². The number of halogens is 1. The van der Waals surface area contributed by atoms with Gasteiger partial charge in [0.1, 0.15) is 22.3 Å². The molecule has 5 heteroatoms. The Bertz CT molecular complexity index is 659. The van der Waals surface area contributed by atoms with Crippen LogP contribution in [-0.2, 0) is 0 Å². The van der Waals surface area contributed by atoms with Crippen LogP contribution in [0.25, 0.3) is 0 Å². The Balaban J connectivity index is 1.92. The Labute approximate surface area is 119 Å². The first-order valence-electron chi connectivity index (χ1n) is 6.07. The van der Waals surface area contributed by atoms with Gasteiger partial charge < -0.3 is 5.32 Å². The zero-order chi connectivity index (χ0) is 13.2. The summed E-state index contributed by atoms with van der Waals surface area (Å²) >= 11 is 3.40. The van der Waals surface area contributed by atoms with Crippen molar-refractivity contribution in [2.75, 3.05) is 5.32 Å². The van der Waals surface area contributed by atoms with E-state index >= 15 is 0 Å². The molecule has 0 spiro atoms. The zero-order valence-electron chi connectivity index (χ0n) is 10.1. The Morgan fingerprint density at radius 3 is 2.79 bits per heavy atom. The van der Waals surface area contributed by atoms with Crippen molar-refractivity contribution in [1.29, 1.82) is 5.26 Å². The van der Waals surface area contributed by atoms with E-state index in [-0.39, 0.29) is 0 Å². The van der Waals surface area contributed by atoms with Crippen molar-refractivity contribution < 1.29 is 0 Å².